The highest BCUT2D eigenvalue weighted by molar-refractivity contribution is 7.92. The lowest BCUT2D eigenvalue weighted by atomic mass is 9.80. The molecule has 2 aromatic carbocycles. The second kappa shape index (κ2) is 9.17. The molecule has 1 N–H and O–H groups in total. The molecule has 0 amide bonds. The molecule has 1 fully saturated rings. The number of halogens is 3. The zero-order chi connectivity index (χ0) is 22.8. The van der Waals surface area contributed by atoms with Crippen LogP contribution in [-0.2, 0) is 25.7 Å². The van der Waals surface area contributed by atoms with Crippen molar-refractivity contribution >= 4 is 32.5 Å². The monoisotopic (exact) mass is 485 g/mol. The second-order valence-electron chi connectivity index (χ2n) is 7.19. The van der Waals surface area contributed by atoms with Gasteiger partial charge in [0.2, 0.25) is 0 Å². The van der Waals surface area contributed by atoms with Gasteiger partial charge in [0.05, 0.1) is 22.3 Å². The summed E-state index contributed by atoms with van der Waals surface area (Å²) in [5, 5.41) is 9.26. The highest BCUT2D eigenvalue weighted by Crippen LogP contribution is 2.50. The number of rotatable bonds is 5. The summed E-state index contributed by atoms with van der Waals surface area (Å²) < 4.78 is 75.6. The quantitative estimate of drug-likeness (QED) is 0.583. The number of sulfone groups is 1. The van der Waals surface area contributed by atoms with Crippen molar-refractivity contribution in [1.29, 1.82) is 5.26 Å². The van der Waals surface area contributed by atoms with Crippen LogP contribution >= 0.6 is 11.6 Å². The first kappa shape index (κ1) is 23.5. The Bertz CT molecular complexity index is 1190. The van der Waals surface area contributed by atoms with Gasteiger partial charge in [0.15, 0.2) is 20.9 Å². The van der Waals surface area contributed by atoms with Gasteiger partial charge in [0.25, 0.3) is 0 Å². The Balaban J connectivity index is 2.18. The van der Waals surface area contributed by atoms with Gasteiger partial charge in [0.1, 0.15) is 16.4 Å². The average molecular weight is 486 g/mol. The molecule has 0 aromatic heterocycles. The second-order valence-corrected chi connectivity index (χ2v) is 10.9. The van der Waals surface area contributed by atoms with E-state index in [0.717, 1.165) is 18.2 Å². The van der Waals surface area contributed by atoms with E-state index in [1.165, 1.54) is 24.3 Å². The van der Waals surface area contributed by atoms with Crippen molar-refractivity contribution in [3.8, 4) is 6.07 Å². The maximum atomic E-state index is 14.8. The minimum Gasteiger partial charge on any atom is -0.302 e. The fourth-order valence-electron chi connectivity index (χ4n) is 3.99. The van der Waals surface area contributed by atoms with E-state index in [0.29, 0.717) is 10.6 Å². The molecule has 1 unspecified atom stereocenters. The van der Waals surface area contributed by atoms with E-state index >= 15 is 0 Å². The van der Waals surface area contributed by atoms with E-state index in [2.05, 4.69) is 0 Å². The van der Waals surface area contributed by atoms with Crippen LogP contribution in [0.4, 0.5) is 8.78 Å². The van der Waals surface area contributed by atoms with Gasteiger partial charge < -0.3 is 4.55 Å². The van der Waals surface area contributed by atoms with Gasteiger partial charge in [0, 0.05) is 10.6 Å². The fraction of sp³-hybridized carbons (Fsp3) is 0.286. The molecule has 1 atom stereocenters. The molecule has 0 bridgehead atoms. The summed E-state index contributed by atoms with van der Waals surface area (Å²) in [6.45, 7) is 0. The minimum absolute atomic E-state index is 0.0275. The number of nitrogens with zero attached hydrogens (tertiary/aromatic N) is 1. The van der Waals surface area contributed by atoms with Gasteiger partial charge >= 0.3 is 0 Å². The maximum Gasteiger partial charge on any atom is 0.188 e. The van der Waals surface area contributed by atoms with Crippen LogP contribution in [0, 0.1) is 23.0 Å². The molecule has 0 radical (unpaired) electrons. The van der Waals surface area contributed by atoms with Gasteiger partial charge in [-0.1, -0.05) is 17.2 Å². The zero-order valence-corrected chi connectivity index (χ0v) is 18.5. The molecule has 10 heteroatoms. The van der Waals surface area contributed by atoms with Crippen molar-refractivity contribution in [2.75, 3.05) is 0 Å². The number of hydrogen-bond donors (Lipinski definition) is 1. The van der Waals surface area contributed by atoms with Crippen molar-refractivity contribution in [2.45, 2.75) is 41.7 Å². The molecule has 31 heavy (non-hydrogen) atoms. The molecule has 2 aromatic rings. The Labute approximate surface area is 186 Å². The third-order valence-corrected chi connectivity index (χ3v) is 9.22. The summed E-state index contributed by atoms with van der Waals surface area (Å²) in [7, 11) is -4.21. The topological polar surface area (TPSA) is 95.2 Å². The molecule has 1 aliphatic rings. The van der Waals surface area contributed by atoms with E-state index in [1.807, 2.05) is 6.07 Å². The molecule has 1 saturated carbocycles. The normalized spacial score (nSPS) is 20.2. The van der Waals surface area contributed by atoms with E-state index in [-0.39, 0.29) is 47.5 Å². The largest absolute Gasteiger partial charge is 0.302 e. The zero-order valence-electron chi connectivity index (χ0n) is 16.1. The fourth-order valence-corrected chi connectivity index (χ4v) is 6.88. The smallest absolute Gasteiger partial charge is 0.188 e. The molecular formula is C21H18ClF2NO4S2. The Morgan fingerprint density at radius 3 is 2.32 bits per heavy atom. The van der Waals surface area contributed by atoms with Crippen LogP contribution in [-0.4, -0.2) is 17.2 Å². The molecule has 1 aliphatic carbocycles. The highest BCUT2D eigenvalue weighted by Gasteiger charge is 2.49. The first-order valence-electron chi connectivity index (χ1n) is 9.27. The molecule has 0 aliphatic heterocycles. The maximum absolute atomic E-state index is 14.8. The lowest BCUT2D eigenvalue weighted by Crippen LogP contribution is -2.39. The first-order valence-corrected chi connectivity index (χ1v) is 12.2. The van der Waals surface area contributed by atoms with Crippen molar-refractivity contribution in [2.24, 2.45) is 0 Å². The lowest BCUT2D eigenvalue weighted by Gasteiger charge is -2.38. The predicted octanol–water partition coefficient (Wildman–Crippen LogP) is 5.25. The van der Waals surface area contributed by atoms with Gasteiger partial charge in [-0.3, -0.25) is 0 Å². The predicted molar refractivity (Wildman–Crippen MR) is 113 cm³/mol. The number of benzene rings is 2. The van der Waals surface area contributed by atoms with Gasteiger partial charge in [-0.15, -0.1) is 0 Å². The molecule has 0 saturated heterocycles. The summed E-state index contributed by atoms with van der Waals surface area (Å²) in [5.74, 6) is -1.63. The van der Waals surface area contributed by atoms with Crippen LogP contribution in [0.2, 0.25) is 5.02 Å². The van der Waals surface area contributed by atoms with Gasteiger partial charge in [-0.05, 0) is 68.1 Å². The van der Waals surface area contributed by atoms with Crippen molar-refractivity contribution in [3.63, 3.8) is 0 Å². The SMILES string of the molecule is N#CCC(=C1CCC(c2cc(F)ccc2F)(S(=O)(=O)c2ccc(Cl)cc2)CC1)S(=O)O. The Morgan fingerprint density at radius 2 is 1.77 bits per heavy atom. The van der Waals surface area contributed by atoms with Crippen LogP contribution < -0.4 is 0 Å². The Morgan fingerprint density at radius 1 is 1.16 bits per heavy atom. The van der Waals surface area contributed by atoms with Crippen LogP contribution in [0.1, 0.15) is 37.7 Å². The van der Waals surface area contributed by atoms with Crippen LogP contribution in [0.15, 0.2) is 57.8 Å². The van der Waals surface area contributed by atoms with E-state index in [1.54, 1.807) is 0 Å². The van der Waals surface area contributed by atoms with Crippen molar-refractivity contribution in [3.05, 3.63) is 75.2 Å². The van der Waals surface area contributed by atoms with Gasteiger partial charge in [-0.25, -0.2) is 21.4 Å². The molecule has 3 rings (SSSR count). The molecule has 0 spiro atoms. The average Bonchev–Trinajstić information content (AvgIpc) is 2.74. The molecule has 0 heterocycles. The summed E-state index contributed by atoms with van der Waals surface area (Å²) in [6.07, 6.45) is -0.457. The summed E-state index contributed by atoms with van der Waals surface area (Å²) in [6, 6.07) is 9.94. The van der Waals surface area contributed by atoms with E-state index in [4.69, 9.17) is 16.9 Å². The Kier molecular flexibility index (Phi) is 6.96. The molecule has 5 nitrogen and oxygen atoms in total. The number of nitriles is 1. The number of allylic oxidation sites excluding steroid dienone is 2. The van der Waals surface area contributed by atoms with E-state index < -0.39 is 37.3 Å². The standard InChI is InChI=1S/C21H18ClF2NO4S2/c22-15-1-4-17(5-2-15)31(28,29)21(18-13-16(23)3-6-19(18)24)10-7-14(8-11-21)20(9-12-25)30(26)27/h1-6,13H,7-11H2,(H,26,27). The van der Waals surface area contributed by atoms with Crippen molar-refractivity contribution in [1.82, 2.24) is 0 Å². The third kappa shape index (κ3) is 4.44. The Hall–Kier alpha value is -2.12. The highest BCUT2D eigenvalue weighted by atomic mass is 35.5. The summed E-state index contributed by atoms with van der Waals surface area (Å²) >= 11 is 3.49. The van der Waals surface area contributed by atoms with Crippen LogP contribution in [0.3, 0.4) is 0 Å². The van der Waals surface area contributed by atoms with Crippen LogP contribution in [0.5, 0.6) is 0 Å². The third-order valence-electron chi connectivity index (χ3n) is 5.56. The molecule has 164 valence electrons. The minimum atomic E-state index is -4.21. The first-order chi connectivity index (χ1) is 14.6. The lowest BCUT2D eigenvalue weighted by molar-refractivity contribution is 0.409. The molecular weight excluding hydrogens is 468 g/mol. The van der Waals surface area contributed by atoms with Crippen molar-refractivity contribution < 1.29 is 26.0 Å². The van der Waals surface area contributed by atoms with Crippen LogP contribution in [0.25, 0.3) is 0 Å². The van der Waals surface area contributed by atoms with E-state index in [9.17, 15) is 26.0 Å². The summed E-state index contributed by atoms with van der Waals surface area (Å²) in [4.78, 5) is -0.0596. The van der Waals surface area contributed by atoms with Gasteiger partial charge in [-0.2, -0.15) is 5.26 Å². The summed E-state index contributed by atoms with van der Waals surface area (Å²) in [5.41, 5.74) is 0.203. The number of hydrogen-bond acceptors (Lipinski definition) is 4.